The lowest BCUT2D eigenvalue weighted by Gasteiger charge is -2.19. The number of halogens is 4. The molecule has 1 amide bonds. The number of benzene rings is 1. The largest absolute Gasteiger partial charge is 0.481 e. The van der Waals surface area contributed by atoms with Crippen LogP contribution in [0.15, 0.2) is 30.3 Å². The fourth-order valence-electron chi connectivity index (χ4n) is 2.91. The third-order valence-corrected chi connectivity index (χ3v) is 4.18. The Balaban J connectivity index is 0.00000312. The van der Waals surface area contributed by atoms with Gasteiger partial charge in [-0.05, 0) is 12.5 Å². The lowest BCUT2D eigenvalue weighted by atomic mass is 9.96. The molecule has 0 radical (unpaired) electrons. The number of carbonyl (C=O) groups is 2. The van der Waals surface area contributed by atoms with Gasteiger partial charge in [-0.1, -0.05) is 30.3 Å². The summed E-state index contributed by atoms with van der Waals surface area (Å²) < 4.78 is 38.8. The van der Waals surface area contributed by atoms with Gasteiger partial charge >= 0.3 is 12.1 Å². The van der Waals surface area contributed by atoms with E-state index in [0.717, 1.165) is 5.56 Å². The Bertz CT molecular complexity index is 598. The Morgan fingerprint density at radius 1 is 1.28 bits per heavy atom. The maximum absolute atomic E-state index is 12.9. The van der Waals surface area contributed by atoms with Gasteiger partial charge < -0.3 is 10.4 Å². The van der Waals surface area contributed by atoms with Gasteiger partial charge in [0.05, 0.1) is 24.4 Å². The van der Waals surface area contributed by atoms with E-state index in [1.165, 1.54) is 4.90 Å². The summed E-state index contributed by atoms with van der Waals surface area (Å²) >= 11 is 0. The van der Waals surface area contributed by atoms with Crippen molar-refractivity contribution >= 4 is 24.3 Å². The molecule has 2 N–H and O–H groups in total. The molecular formula is C16H20ClF3N2O3. The van der Waals surface area contributed by atoms with Crippen molar-refractivity contribution in [2.75, 3.05) is 19.6 Å². The van der Waals surface area contributed by atoms with Crippen LogP contribution in [0.5, 0.6) is 0 Å². The summed E-state index contributed by atoms with van der Waals surface area (Å²) in [5.41, 5.74) is 0.879. The van der Waals surface area contributed by atoms with Gasteiger partial charge in [-0.15, -0.1) is 12.4 Å². The number of carboxylic acids is 1. The van der Waals surface area contributed by atoms with Crippen LogP contribution in [0.2, 0.25) is 0 Å². The summed E-state index contributed by atoms with van der Waals surface area (Å²) in [7, 11) is 0. The van der Waals surface area contributed by atoms with E-state index in [-0.39, 0.29) is 31.5 Å². The minimum absolute atomic E-state index is 0. The number of carboxylic acid groups (broad SMARTS) is 1. The molecule has 2 rings (SSSR count). The van der Waals surface area contributed by atoms with Crippen molar-refractivity contribution in [2.24, 2.45) is 11.8 Å². The SMILES string of the molecule is CC(NC(=O)CN1C[C@@H](C(F)(F)F)[C@H](C(=O)O)C1)c1ccccc1.Cl. The van der Waals surface area contributed by atoms with Crippen LogP contribution in [-0.4, -0.2) is 47.7 Å². The van der Waals surface area contributed by atoms with E-state index in [1.807, 2.05) is 30.3 Å². The zero-order chi connectivity index (χ0) is 17.9. The molecule has 1 aromatic carbocycles. The van der Waals surface area contributed by atoms with Crippen LogP contribution in [0.25, 0.3) is 0 Å². The molecule has 1 fully saturated rings. The first-order valence-corrected chi connectivity index (χ1v) is 7.54. The van der Waals surface area contributed by atoms with E-state index in [9.17, 15) is 22.8 Å². The van der Waals surface area contributed by atoms with Crippen molar-refractivity contribution in [3.63, 3.8) is 0 Å². The zero-order valence-electron chi connectivity index (χ0n) is 13.5. The lowest BCUT2D eigenvalue weighted by molar-refractivity contribution is -0.188. The third-order valence-electron chi connectivity index (χ3n) is 4.18. The van der Waals surface area contributed by atoms with Gasteiger partial charge in [0.1, 0.15) is 0 Å². The molecule has 0 saturated carbocycles. The van der Waals surface area contributed by atoms with Crippen LogP contribution >= 0.6 is 12.4 Å². The third kappa shape index (κ3) is 5.61. The molecule has 1 aliphatic rings. The highest BCUT2D eigenvalue weighted by atomic mass is 35.5. The maximum Gasteiger partial charge on any atom is 0.393 e. The molecule has 1 unspecified atom stereocenters. The predicted octanol–water partition coefficient (Wildman–Crippen LogP) is 2.48. The molecule has 25 heavy (non-hydrogen) atoms. The molecule has 0 aromatic heterocycles. The maximum atomic E-state index is 12.9. The minimum atomic E-state index is -4.59. The van der Waals surface area contributed by atoms with E-state index in [1.54, 1.807) is 6.92 Å². The summed E-state index contributed by atoms with van der Waals surface area (Å²) in [6, 6.07) is 8.87. The second-order valence-corrected chi connectivity index (χ2v) is 5.99. The highest BCUT2D eigenvalue weighted by molar-refractivity contribution is 5.85. The molecule has 0 aliphatic carbocycles. The number of aliphatic carboxylic acids is 1. The number of amides is 1. The molecule has 1 heterocycles. The molecule has 1 aromatic rings. The normalized spacial score (nSPS) is 22.1. The number of nitrogens with zero attached hydrogens (tertiary/aromatic N) is 1. The summed E-state index contributed by atoms with van der Waals surface area (Å²) in [4.78, 5) is 24.3. The van der Waals surface area contributed by atoms with E-state index < -0.39 is 36.4 Å². The first-order valence-electron chi connectivity index (χ1n) is 7.54. The molecule has 0 spiro atoms. The van der Waals surface area contributed by atoms with Crippen LogP contribution in [-0.2, 0) is 9.59 Å². The Hall–Kier alpha value is -1.80. The molecule has 3 atom stereocenters. The summed E-state index contributed by atoms with van der Waals surface area (Å²) in [5, 5.41) is 11.7. The van der Waals surface area contributed by atoms with Gasteiger partial charge in [0, 0.05) is 13.1 Å². The van der Waals surface area contributed by atoms with Crippen molar-refractivity contribution in [2.45, 2.75) is 19.1 Å². The van der Waals surface area contributed by atoms with E-state index >= 15 is 0 Å². The number of alkyl halides is 3. The van der Waals surface area contributed by atoms with Crippen molar-refractivity contribution in [3.8, 4) is 0 Å². The Morgan fingerprint density at radius 3 is 2.36 bits per heavy atom. The molecule has 140 valence electrons. The van der Waals surface area contributed by atoms with Crippen LogP contribution < -0.4 is 5.32 Å². The average molecular weight is 381 g/mol. The highest BCUT2D eigenvalue weighted by Gasteiger charge is 2.52. The van der Waals surface area contributed by atoms with E-state index in [2.05, 4.69) is 5.32 Å². The summed E-state index contributed by atoms with van der Waals surface area (Å²) in [6.07, 6.45) is -4.59. The number of rotatable bonds is 5. The fraction of sp³-hybridized carbons (Fsp3) is 0.500. The zero-order valence-corrected chi connectivity index (χ0v) is 14.3. The second-order valence-electron chi connectivity index (χ2n) is 5.99. The predicted molar refractivity (Wildman–Crippen MR) is 87.4 cm³/mol. The van der Waals surface area contributed by atoms with Gasteiger partial charge in [0.2, 0.25) is 5.91 Å². The smallest absolute Gasteiger partial charge is 0.393 e. The first kappa shape index (κ1) is 21.2. The van der Waals surface area contributed by atoms with Crippen molar-refractivity contribution in [1.82, 2.24) is 10.2 Å². The van der Waals surface area contributed by atoms with Crippen LogP contribution in [0.1, 0.15) is 18.5 Å². The molecule has 1 saturated heterocycles. The van der Waals surface area contributed by atoms with Gasteiger partial charge in [-0.3, -0.25) is 14.5 Å². The lowest BCUT2D eigenvalue weighted by Crippen LogP contribution is -2.38. The fourth-order valence-corrected chi connectivity index (χ4v) is 2.91. The van der Waals surface area contributed by atoms with Crippen LogP contribution in [0, 0.1) is 11.8 Å². The van der Waals surface area contributed by atoms with Gasteiger partial charge in [-0.2, -0.15) is 13.2 Å². The average Bonchev–Trinajstić information content (AvgIpc) is 2.92. The quantitative estimate of drug-likeness (QED) is 0.823. The number of hydrogen-bond acceptors (Lipinski definition) is 3. The monoisotopic (exact) mass is 380 g/mol. The van der Waals surface area contributed by atoms with E-state index in [4.69, 9.17) is 5.11 Å². The summed E-state index contributed by atoms with van der Waals surface area (Å²) in [6.45, 7) is 0.754. The molecule has 9 heteroatoms. The first-order chi connectivity index (χ1) is 11.2. The minimum Gasteiger partial charge on any atom is -0.481 e. The van der Waals surface area contributed by atoms with Crippen molar-refractivity contribution < 1.29 is 27.9 Å². The molecular weight excluding hydrogens is 361 g/mol. The topological polar surface area (TPSA) is 69.6 Å². The van der Waals surface area contributed by atoms with Gasteiger partial charge in [-0.25, -0.2) is 0 Å². The number of carbonyl (C=O) groups excluding carboxylic acids is 1. The van der Waals surface area contributed by atoms with Gasteiger partial charge in [0.25, 0.3) is 0 Å². The van der Waals surface area contributed by atoms with Crippen LogP contribution in [0.3, 0.4) is 0 Å². The standard InChI is InChI=1S/C16H19F3N2O3.ClH/c1-10(11-5-3-2-4-6-11)20-14(22)9-21-7-12(15(23)24)13(8-21)16(17,18)19;/h2-6,10,12-13H,7-9H2,1H3,(H,20,22)(H,23,24);1H/t10?,12-,13-;/m1./s1. The molecule has 5 nitrogen and oxygen atoms in total. The van der Waals surface area contributed by atoms with Crippen molar-refractivity contribution in [1.29, 1.82) is 0 Å². The number of nitrogens with one attached hydrogen (secondary N) is 1. The van der Waals surface area contributed by atoms with Gasteiger partial charge in [0.15, 0.2) is 0 Å². The Kier molecular flexibility index (Phi) is 7.25. The Labute approximate surface area is 149 Å². The van der Waals surface area contributed by atoms with Crippen molar-refractivity contribution in [3.05, 3.63) is 35.9 Å². The number of likely N-dealkylation sites (tertiary alicyclic amines) is 1. The molecule has 1 aliphatic heterocycles. The van der Waals surface area contributed by atoms with Crippen LogP contribution in [0.4, 0.5) is 13.2 Å². The van der Waals surface area contributed by atoms with E-state index in [0.29, 0.717) is 0 Å². The highest BCUT2D eigenvalue weighted by Crippen LogP contribution is 2.37. The summed E-state index contributed by atoms with van der Waals surface area (Å²) in [5.74, 6) is -5.41. The number of hydrogen-bond donors (Lipinski definition) is 2. The molecule has 0 bridgehead atoms. The Morgan fingerprint density at radius 2 is 1.88 bits per heavy atom. The second kappa shape index (κ2) is 8.53.